The second kappa shape index (κ2) is 5.38. The SMILES string of the molecule is C#CC(C)NC(C)c1ccc(I)cc1. The zero-order valence-electron chi connectivity index (χ0n) is 8.42. The summed E-state index contributed by atoms with van der Waals surface area (Å²) in [6.45, 7) is 4.11. The molecule has 0 aliphatic carbocycles. The molecule has 0 fully saturated rings. The standard InChI is InChI=1S/C12H14IN/c1-4-9(2)14-10(3)11-5-7-12(13)8-6-11/h1,5-10,14H,2-3H3. The van der Waals surface area contributed by atoms with Crippen molar-refractivity contribution in [2.75, 3.05) is 0 Å². The van der Waals surface area contributed by atoms with Crippen molar-refractivity contribution in [1.29, 1.82) is 0 Å². The van der Waals surface area contributed by atoms with E-state index < -0.39 is 0 Å². The number of terminal acetylenes is 1. The molecule has 0 amide bonds. The van der Waals surface area contributed by atoms with Crippen LogP contribution in [-0.2, 0) is 0 Å². The van der Waals surface area contributed by atoms with Crippen LogP contribution in [-0.4, -0.2) is 6.04 Å². The maximum atomic E-state index is 5.31. The Kier molecular flexibility index (Phi) is 4.43. The summed E-state index contributed by atoms with van der Waals surface area (Å²) >= 11 is 2.30. The van der Waals surface area contributed by atoms with E-state index in [2.05, 4.69) is 65.0 Å². The first-order valence-corrected chi connectivity index (χ1v) is 5.69. The fourth-order valence-electron chi connectivity index (χ4n) is 1.27. The van der Waals surface area contributed by atoms with E-state index >= 15 is 0 Å². The lowest BCUT2D eigenvalue weighted by Crippen LogP contribution is -2.27. The molecule has 0 saturated heterocycles. The van der Waals surface area contributed by atoms with Gasteiger partial charge in [-0.25, -0.2) is 0 Å². The van der Waals surface area contributed by atoms with Crippen molar-refractivity contribution in [3.8, 4) is 12.3 Å². The summed E-state index contributed by atoms with van der Waals surface area (Å²) in [4.78, 5) is 0. The lowest BCUT2D eigenvalue weighted by atomic mass is 10.1. The lowest BCUT2D eigenvalue weighted by Gasteiger charge is -2.16. The molecule has 0 spiro atoms. The van der Waals surface area contributed by atoms with Crippen LogP contribution in [0.1, 0.15) is 25.5 Å². The zero-order valence-corrected chi connectivity index (χ0v) is 10.6. The maximum absolute atomic E-state index is 5.31. The van der Waals surface area contributed by atoms with Crippen molar-refractivity contribution in [3.63, 3.8) is 0 Å². The second-order valence-electron chi connectivity index (χ2n) is 3.33. The van der Waals surface area contributed by atoms with Crippen LogP contribution in [0.4, 0.5) is 0 Å². The predicted octanol–water partition coefficient (Wildman–Crippen LogP) is 2.96. The van der Waals surface area contributed by atoms with E-state index in [9.17, 15) is 0 Å². The average Bonchev–Trinajstić information content (AvgIpc) is 2.18. The summed E-state index contributed by atoms with van der Waals surface area (Å²) in [5.74, 6) is 2.66. The highest BCUT2D eigenvalue weighted by atomic mass is 127. The molecule has 1 rings (SSSR count). The third-order valence-corrected chi connectivity index (χ3v) is 2.84. The minimum absolute atomic E-state index is 0.115. The van der Waals surface area contributed by atoms with Gasteiger partial charge in [0.05, 0.1) is 6.04 Å². The van der Waals surface area contributed by atoms with Gasteiger partial charge in [0.1, 0.15) is 0 Å². The summed E-state index contributed by atoms with van der Waals surface area (Å²) in [7, 11) is 0. The highest BCUT2D eigenvalue weighted by Crippen LogP contribution is 2.14. The van der Waals surface area contributed by atoms with Crippen LogP contribution in [0, 0.1) is 15.9 Å². The highest BCUT2D eigenvalue weighted by Gasteiger charge is 2.06. The van der Waals surface area contributed by atoms with Gasteiger partial charge in [0.25, 0.3) is 0 Å². The van der Waals surface area contributed by atoms with Gasteiger partial charge in [-0.05, 0) is 54.1 Å². The first kappa shape index (κ1) is 11.5. The van der Waals surface area contributed by atoms with Crippen molar-refractivity contribution >= 4 is 22.6 Å². The topological polar surface area (TPSA) is 12.0 Å². The second-order valence-corrected chi connectivity index (χ2v) is 4.57. The van der Waals surface area contributed by atoms with Crippen LogP contribution >= 0.6 is 22.6 Å². The lowest BCUT2D eigenvalue weighted by molar-refractivity contribution is 0.546. The minimum Gasteiger partial charge on any atom is -0.297 e. The molecule has 0 aliphatic heterocycles. The molecule has 1 N–H and O–H groups in total. The Morgan fingerprint density at radius 3 is 2.36 bits per heavy atom. The Bertz CT molecular complexity index is 323. The van der Waals surface area contributed by atoms with Crippen molar-refractivity contribution < 1.29 is 0 Å². The van der Waals surface area contributed by atoms with Gasteiger partial charge in [0.2, 0.25) is 0 Å². The number of hydrogen-bond donors (Lipinski definition) is 1. The summed E-state index contributed by atoms with van der Waals surface area (Å²) < 4.78 is 1.25. The molecule has 14 heavy (non-hydrogen) atoms. The first-order chi connectivity index (χ1) is 6.63. The van der Waals surface area contributed by atoms with Crippen LogP contribution in [0.3, 0.4) is 0 Å². The third kappa shape index (κ3) is 3.32. The predicted molar refractivity (Wildman–Crippen MR) is 69.0 cm³/mol. The first-order valence-electron chi connectivity index (χ1n) is 4.61. The van der Waals surface area contributed by atoms with Gasteiger partial charge < -0.3 is 0 Å². The number of nitrogens with one attached hydrogen (secondary N) is 1. The molecule has 1 nitrogen and oxygen atoms in total. The van der Waals surface area contributed by atoms with Crippen molar-refractivity contribution in [1.82, 2.24) is 5.32 Å². The van der Waals surface area contributed by atoms with Crippen LogP contribution < -0.4 is 5.32 Å². The molecule has 1 aromatic carbocycles. The van der Waals surface area contributed by atoms with Gasteiger partial charge in [0, 0.05) is 9.61 Å². The van der Waals surface area contributed by atoms with Gasteiger partial charge in [-0.1, -0.05) is 18.1 Å². The normalized spacial score (nSPS) is 14.4. The van der Waals surface area contributed by atoms with E-state index in [1.807, 2.05) is 6.92 Å². The molecular formula is C12H14IN. The van der Waals surface area contributed by atoms with E-state index in [0.29, 0.717) is 6.04 Å². The number of rotatable bonds is 3. The van der Waals surface area contributed by atoms with Crippen LogP contribution in [0.15, 0.2) is 24.3 Å². The fraction of sp³-hybridized carbons (Fsp3) is 0.333. The molecule has 0 saturated carbocycles. The molecular weight excluding hydrogens is 285 g/mol. The zero-order chi connectivity index (χ0) is 10.6. The molecule has 2 atom stereocenters. The highest BCUT2D eigenvalue weighted by molar-refractivity contribution is 14.1. The molecule has 1 aromatic rings. The summed E-state index contributed by atoms with van der Waals surface area (Å²) in [6.07, 6.45) is 5.31. The minimum atomic E-state index is 0.115. The molecule has 2 unspecified atom stereocenters. The van der Waals surface area contributed by atoms with E-state index in [1.54, 1.807) is 0 Å². The van der Waals surface area contributed by atoms with E-state index in [1.165, 1.54) is 9.13 Å². The molecule has 0 aromatic heterocycles. The molecule has 0 aliphatic rings. The quantitative estimate of drug-likeness (QED) is 0.668. The van der Waals surface area contributed by atoms with Crippen molar-refractivity contribution in [3.05, 3.63) is 33.4 Å². The van der Waals surface area contributed by atoms with Gasteiger partial charge in [0.15, 0.2) is 0 Å². The Morgan fingerprint density at radius 2 is 1.86 bits per heavy atom. The number of hydrogen-bond acceptors (Lipinski definition) is 1. The monoisotopic (exact) mass is 299 g/mol. The average molecular weight is 299 g/mol. The van der Waals surface area contributed by atoms with Crippen molar-refractivity contribution in [2.45, 2.75) is 25.9 Å². The third-order valence-electron chi connectivity index (χ3n) is 2.12. The van der Waals surface area contributed by atoms with E-state index in [0.717, 1.165) is 0 Å². The smallest absolute Gasteiger partial charge is 0.0662 e. The van der Waals surface area contributed by atoms with E-state index in [4.69, 9.17) is 6.42 Å². The largest absolute Gasteiger partial charge is 0.297 e. The summed E-state index contributed by atoms with van der Waals surface area (Å²) in [6, 6.07) is 8.89. The van der Waals surface area contributed by atoms with Gasteiger partial charge in [-0.2, -0.15) is 0 Å². The Hall–Kier alpha value is -0.530. The van der Waals surface area contributed by atoms with Crippen molar-refractivity contribution in [2.24, 2.45) is 0 Å². The Balaban J connectivity index is 2.66. The maximum Gasteiger partial charge on any atom is 0.0662 e. The molecule has 74 valence electrons. The van der Waals surface area contributed by atoms with Crippen LogP contribution in [0.5, 0.6) is 0 Å². The van der Waals surface area contributed by atoms with Gasteiger partial charge in [-0.15, -0.1) is 6.42 Å². The summed E-state index contributed by atoms with van der Waals surface area (Å²) in [5, 5.41) is 3.33. The number of halogens is 1. The van der Waals surface area contributed by atoms with Crippen LogP contribution in [0.2, 0.25) is 0 Å². The number of benzene rings is 1. The molecule has 2 heteroatoms. The van der Waals surface area contributed by atoms with E-state index in [-0.39, 0.29) is 6.04 Å². The summed E-state index contributed by atoms with van der Waals surface area (Å²) in [5.41, 5.74) is 1.27. The Labute approximate surface area is 99.4 Å². The molecule has 0 bridgehead atoms. The molecule has 0 heterocycles. The molecule has 0 radical (unpaired) electrons. The van der Waals surface area contributed by atoms with Gasteiger partial charge >= 0.3 is 0 Å². The fourth-order valence-corrected chi connectivity index (χ4v) is 1.63. The van der Waals surface area contributed by atoms with Crippen LogP contribution in [0.25, 0.3) is 0 Å². The van der Waals surface area contributed by atoms with Gasteiger partial charge in [-0.3, -0.25) is 5.32 Å². The Morgan fingerprint density at radius 1 is 1.29 bits per heavy atom.